The lowest BCUT2D eigenvalue weighted by Gasteiger charge is -2.37. The minimum absolute atomic E-state index is 0.550. The van der Waals surface area contributed by atoms with E-state index in [9.17, 15) is 0 Å². The lowest BCUT2D eigenvalue weighted by molar-refractivity contribution is 0.303. The number of rotatable bonds is 4. The van der Waals surface area contributed by atoms with E-state index in [4.69, 9.17) is 5.73 Å². The van der Waals surface area contributed by atoms with E-state index in [-0.39, 0.29) is 0 Å². The van der Waals surface area contributed by atoms with Gasteiger partial charge in [-0.15, -0.1) is 0 Å². The number of allylic oxidation sites excluding steroid dienone is 2. The Hall–Kier alpha value is -1.51. The highest BCUT2D eigenvalue weighted by Crippen LogP contribution is 2.39. The van der Waals surface area contributed by atoms with Crippen LogP contribution in [0, 0.1) is 11.8 Å². The molecule has 0 aromatic carbocycles. The zero-order valence-electron chi connectivity index (χ0n) is 14.0. The second-order valence-electron chi connectivity index (χ2n) is 7.39. The zero-order chi connectivity index (χ0) is 15.7. The molecule has 3 aliphatic rings. The largest absolute Gasteiger partial charge is 0.383 e. The maximum Gasteiger partial charge on any atom is 0.131 e. The van der Waals surface area contributed by atoms with Crippen molar-refractivity contribution in [3.8, 4) is 0 Å². The van der Waals surface area contributed by atoms with Gasteiger partial charge in [0.2, 0.25) is 0 Å². The van der Waals surface area contributed by atoms with Gasteiger partial charge in [-0.05, 0) is 50.0 Å². The van der Waals surface area contributed by atoms with Crippen molar-refractivity contribution in [3.63, 3.8) is 0 Å². The van der Waals surface area contributed by atoms with E-state index in [1.807, 2.05) is 0 Å². The normalized spacial score (nSPS) is 28.4. The molecule has 1 saturated carbocycles. The molecule has 1 heterocycles. The Morgan fingerprint density at radius 2 is 2.23 bits per heavy atom. The van der Waals surface area contributed by atoms with E-state index < -0.39 is 0 Å². The average Bonchev–Trinajstić information content (AvgIpc) is 2.94. The maximum absolute atomic E-state index is 6.12. The number of nitrogens with two attached hydrogens (primary N) is 1. The highest BCUT2D eigenvalue weighted by Gasteiger charge is 2.34. The third kappa shape index (κ3) is 2.99. The van der Waals surface area contributed by atoms with Crippen molar-refractivity contribution < 1.29 is 0 Å². The average molecular weight is 299 g/mol. The van der Waals surface area contributed by atoms with E-state index in [0.717, 1.165) is 30.5 Å². The van der Waals surface area contributed by atoms with Crippen molar-refractivity contribution in [1.82, 2.24) is 4.90 Å². The summed E-state index contributed by atoms with van der Waals surface area (Å²) in [4.78, 5) is 6.90. The fraction of sp³-hybridized carbons (Fsp3) is 0.632. The molecule has 2 aliphatic carbocycles. The molecule has 3 rings (SSSR count). The molecule has 3 heteroatoms. The Bertz CT molecular complexity index is 539. The molecule has 3 nitrogen and oxygen atoms in total. The summed E-state index contributed by atoms with van der Waals surface area (Å²) in [7, 11) is 0. The molecule has 2 N–H and O–H groups in total. The molecule has 0 spiro atoms. The molecule has 2 unspecified atom stereocenters. The van der Waals surface area contributed by atoms with E-state index in [1.54, 1.807) is 0 Å². The predicted octanol–water partition coefficient (Wildman–Crippen LogP) is 4.34. The van der Waals surface area contributed by atoms with Crippen molar-refractivity contribution in [2.24, 2.45) is 22.6 Å². The fourth-order valence-electron chi connectivity index (χ4n) is 4.06. The molecule has 120 valence electrons. The topological polar surface area (TPSA) is 41.6 Å². The van der Waals surface area contributed by atoms with Gasteiger partial charge < -0.3 is 10.6 Å². The van der Waals surface area contributed by atoms with Crippen LogP contribution in [0.1, 0.15) is 58.8 Å². The fourth-order valence-corrected chi connectivity index (χ4v) is 4.06. The molecule has 0 aromatic heterocycles. The zero-order valence-corrected chi connectivity index (χ0v) is 14.0. The predicted molar refractivity (Wildman–Crippen MR) is 93.2 cm³/mol. The minimum Gasteiger partial charge on any atom is -0.383 e. The quantitative estimate of drug-likeness (QED) is 0.839. The van der Waals surface area contributed by atoms with Gasteiger partial charge in [0.15, 0.2) is 0 Å². The molecular formula is C19H29N3. The SMILES string of the molecule is C=C1N=C(N)C2=C(C=CCC2)N1C1CCC(CCC(C)C)C1. The van der Waals surface area contributed by atoms with Gasteiger partial charge in [0.1, 0.15) is 11.7 Å². The standard InChI is InChI=1S/C19H29N3/c1-13(2)8-9-15-10-11-16(12-15)22-14(3)21-19(20)17-6-4-5-7-18(17)22/h5,7,13,15-16H,3-4,6,8-12H2,1-2H3,(H2,20,21). The molecule has 1 fully saturated rings. The van der Waals surface area contributed by atoms with Crippen LogP contribution in [-0.2, 0) is 0 Å². The van der Waals surface area contributed by atoms with Gasteiger partial charge in [-0.1, -0.05) is 39.3 Å². The van der Waals surface area contributed by atoms with Crippen LogP contribution in [0.2, 0.25) is 0 Å². The van der Waals surface area contributed by atoms with Gasteiger partial charge in [0.05, 0.1) is 0 Å². The number of nitrogens with zero attached hydrogens (tertiary/aromatic N) is 2. The van der Waals surface area contributed by atoms with Crippen molar-refractivity contribution in [2.75, 3.05) is 0 Å². The lowest BCUT2D eigenvalue weighted by Crippen LogP contribution is -2.37. The summed E-state index contributed by atoms with van der Waals surface area (Å²) in [5.74, 6) is 3.18. The molecule has 0 amide bonds. The van der Waals surface area contributed by atoms with Crippen molar-refractivity contribution in [3.05, 3.63) is 35.8 Å². The summed E-state index contributed by atoms with van der Waals surface area (Å²) in [6.45, 7) is 8.81. The van der Waals surface area contributed by atoms with Crippen molar-refractivity contribution >= 4 is 5.84 Å². The second kappa shape index (κ2) is 6.31. The van der Waals surface area contributed by atoms with E-state index in [1.165, 1.54) is 43.4 Å². The van der Waals surface area contributed by atoms with Gasteiger partial charge in [0.25, 0.3) is 0 Å². The molecule has 2 atom stereocenters. The Labute approximate surface area is 134 Å². The van der Waals surface area contributed by atoms with Gasteiger partial charge in [-0.2, -0.15) is 0 Å². The highest BCUT2D eigenvalue weighted by atomic mass is 15.3. The molecule has 1 aliphatic heterocycles. The number of hydrogen-bond donors (Lipinski definition) is 1. The van der Waals surface area contributed by atoms with E-state index >= 15 is 0 Å². The smallest absolute Gasteiger partial charge is 0.131 e. The maximum atomic E-state index is 6.12. The van der Waals surface area contributed by atoms with Crippen LogP contribution in [0.5, 0.6) is 0 Å². The van der Waals surface area contributed by atoms with Crippen LogP contribution in [0.4, 0.5) is 0 Å². The number of aliphatic imine (C=N–C) groups is 1. The summed E-state index contributed by atoms with van der Waals surface area (Å²) in [6, 6.07) is 0.550. The molecule has 22 heavy (non-hydrogen) atoms. The van der Waals surface area contributed by atoms with Crippen LogP contribution < -0.4 is 5.73 Å². The third-order valence-electron chi connectivity index (χ3n) is 5.27. The lowest BCUT2D eigenvalue weighted by atomic mass is 9.95. The van der Waals surface area contributed by atoms with Gasteiger partial charge >= 0.3 is 0 Å². The summed E-state index contributed by atoms with van der Waals surface area (Å²) >= 11 is 0. The van der Waals surface area contributed by atoms with Crippen LogP contribution in [0.15, 0.2) is 40.8 Å². The summed E-state index contributed by atoms with van der Waals surface area (Å²) in [5.41, 5.74) is 8.60. The van der Waals surface area contributed by atoms with Crippen molar-refractivity contribution in [2.45, 2.75) is 64.8 Å². The van der Waals surface area contributed by atoms with E-state index in [2.05, 4.69) is 42.5 Å². The van der Waals surface area contributed by atoms with Crippen LogP contribution in [-0.4, -0.2) is 16.8 Å². The molecular weight excluding hydrogens is 270 g/mol. The highest BCUT2D eigenvalue weighted by molar-refractivity contribution is 5.99. The third-order valence-corrected chi connectivity index (χ3v) is 5.27. The van der Waals surface area contributed by atoms with Crippen molar-refractivity contribution in [1.29, 1.82) is 0 Å². The number of amidine groups is 1. The minimum atomic E-state index is 0.550. The summed E-state index contributed by atoms with van der Waals surface area (Å²) < 4.78 is 0. The van der Waals surface area contributed by atoms with E-state index in [0.29, 0.717) is 11.9 Å². The first-order chi connectivity index (χ1) is 10.6. The van der Waals surface area contributed by atoms with Crippen LogP contribution >= 0.6 is 0 Å². The van der Waals surface area contributed by atoms with Crippen LogP contribution in [0.3, 0.4) is 0 Å². The van der Waals surface area contributed by atoms with Gasteiger partial charge in [-0.3, -0.25) is 0 Å². The first-order valence-electron chi connectivity index (χ1n) is 8.78. The second-order valence-corrected chi connectivity index (χ2v) is 7.39. The number of hydrogen-bond acceptors (Lipinski definition) is 3. The molecule has 0 radical (unpaired) electrons. The Morgan fingerprint density at radius 1 is 1.41 bits per heavy atom. The summed E-state index contributed by atoms with van der Waals surface area (Å²) in [5, 5.41) is 0. The van der Waals surface area contributed by atoms with Gasteiger partial charge in [-0.25, -0.2) is 4.99 Å². The first kappa shape index (κ1) is 15.4. The summed E-state index contributed by atoms with van der Waals surface area (Å²) in [6.07, 6.45) is 13.1. The molecule has 0 saturated heterocycles. The Kier molecular flexibility index (Phi) is 4.42. The Balaban J connectivity index is 1.73. The molecule has 0 aromatic rings. The van der Waals surface area contributed by atoms with Gasteiger partial charge in [0, 0.05) is 17.3 Å². The Morgan fingerprint density at radius 3 is 3.00 bits per heavy atom. The molecule has 0 bridgehead atoms. The first-order valence-corrected chi connectivity index (χ1v) is 8.78. The van der Waals surface area contributed by atoms with Crippen LogP contribution in [0.25, 0.3) is 0 Å². The monoisotopic (exact) mass is 299 g/mol.